The van der Waals surface area contributed by atoms with Gasteiger partial charge in [-0.1, -0.05) is 133 Å². The molecule has 0 unspecified atom stereocenters. The van der Waals surface area contributed by atoms with Crippen LogP contribution in [0.2, 0.25) is 0 Å². The Labute approximate surface area is 440 Å². The van der Waals surface area contributed by atoms with Crippen molar-refractivity contribution in [2.24, 2.45) is 0 Å². The van der Waals surface area contributed by atoms with Crippen molar-refractivity contribution in [3.63, 3.8) is 0 Å². The highest BCUT2D eigenvalue weighted by atomic mass is 16.2. The summed E-state index contributed by atoms with van der Waals surface area (Å²) in [5.74, 6) is 1.16. The predicted octanol–water partition coefficient (Wildman–Crippen LogP) is 13.0. The van der Waals surface area contributed by atoms with Crippen LogP contribution in [0.5, 0.6) is 0 Å². The second-order valence-corrected chi connectivity index (χ2v) is 18.6. The molecule has 12 nitrogen and oxygen atoms in total. The number of rotatable bonds is 8. The second-order valence-electron chi connectivity index (χ2n) is 18.6. The third-order valence-corrected chi connectivity index (χ3v) is 13.6. The Morgan fingerprint density at radius 1 is 0.408 bits per heavy atom. The van der Waals surface area contributed by atoms with Crippen molar-refractivity contribution in [3.05, 3.63) is 252 Å². The van der Waals surface area contributed by atoms with Gasteiger partial charge in [0, 0.05) is 82.1 Å². The number of hydrogen-bond donors (Lipinski definition) is 4. The molecule has 2 aromatic heterocycles. The van der Waals surface area contributed by atoms with E-state index in [9.17, 15) is 19.2 Å². The number of H-pyrrole nitrogens is 2. The quantitative estimate of drug-likeness (QED) is 0.119. The van der Waals surface area contributed by atoms with E-state index < -0.39 is 0 Å². The number of nitrogens with zero attached hydrogens (tertiary/aromatic N) is 4. The van der Waals surface area contributed by atoms with Crippen LogP contribution in [0.4, 0.5) is 22.7 Å². The first kappa shape index (κ1) is 48.3. The van der Waals surface area contributed by atoms with Crippen molar-refractivity contribution < 1.29 is 19.2 Å². The number of carbonyl (C=O) groups is 4. The Morgan fingerprint density at radius 2 is 0.750 bits per heavy atom. The number of benzene rings is 8. The minimum atomic E-state index is -0.200. The van der Waals surface area contributed by atoms with Gasteiger partial charge in [0.1, 0.15) is 11.6 Å². The highest BCUT2D eigenvalue weighted by molar-refractivity contribution is 6.12. The number of aromatic amines is 2. The largest absolute Gasteiger partial charge is 0.346 e. The van der Waals surface area contributed by atoms with Gasteiger partial charge in [-0.25, -0.2) is 9.97 Å². The van der Waals surface area contributed by atoms with Crippen LogP contribution in [-0.2, 0) is 12.8 Å². The molecule has 0 fully saturated rings. The maximum absolute atomic E-state index is 13.6. The van der Waals surface area contributed by atoms with Gasteiger partial charge in [0.05, 0.1) is 22.8 Å². The highest BCUT2D eigenvalue weighted by Crippen LogP contribution is 2.38. The Morgan fingerprint density at radius 3 is 1.14 bits per heavy atom. The smallest absolute Gasteiger partial charge is 0.258 e. The van der Waals surface area contributed by atoms with E-state index in [1.165, 1.54) is 0 Å². The van der Waals surface area contributed by atoms with E-state index in [-0.39, 0.29) is 23.6 Å². The molecule has 4 heterocycles. The monoisotopic (exact) mass is 996 g/mol. The first-order valence-corrected chi connectivity index (χ1v) is 25.2. The molecular weight excluding hydrogens is 945 g/mol. The summed E-state index contributed by atoms with van der Waals surface area (Å²) in [4.78, 5) is 73.2. The fourth-order valence-corrected chi connectivity index (χ4v) is 10.0. The topological polar surface area (TPSA) is 156 Å². The molecule has 372 valence electrons. The van der Waals surface area contributed by atoms with Crippen LogP contribution >= 0.6 is 0 Å². The van der Waals surface area contributed by atoms with Crippen molar-refractivity contribution in [3.8, 4) is 44.8 Å². The first-order chi connectivity index (χ1) is 37.2. The predicted molar refractivity (Wildman–Crippen MR) is 301 cm³/mol. The van der Waals surface area contributed by atoms with Crippen LogP contribution in [-0.4, -0.2) is 56.7 Å². The van der Waals surface area contributed by atoms with E-state index in [1.807, 2.05) is 181 Å². The lowest BCUT2D eigenvalue weighted by atomic mass is 9.99. The molecule has 10 aromatic rings. The zero-order valence-electron chi connectivity index (χ0n) is 41.9. The van der Waals surface area contributed by atoms with Gasteiger partial charge in [-0.15, -0.1) is 0 Å². The number of fused-ring (bicyclic) bond motifs is 6. The minimum Gasteiger partial charge on any atom is -0.346 e. The summed E-state index contributed by atoms with van der Waals surface area (Å²) in [5.41, 5.74) is 14.7. The van der Waals surface area contributed by atoms with Crippen LogP contribution < -0.4 is 20.4 Å². The van der Waals surface area contributed by atoms with Gasteiger partial charge in [0.15, 0.2) is 0 Å². The van der Waals surface area contributed by atoms with Gasteiger partial charge < -0.3 is 30.4 Å². The van der Waals surface area contributed by atoms with Crippen LogP contribution in [0.3, 0.4) is 0 Å². The van der Waals surface area contributed by atoms with Gasteiger partial charge in [-0.05, 0) is 109 Å². The lowest BCUT2D eigenvalue weighted by Gasteiger charge is -2.23. The van der Waals surface area contributed by atoms with E-state index in [2.05, 4.69) is 30.6 Å². The second kappa shape index (κ2) is 21.3. The van der Waals surface area contributed by atoms with E-state index in [0.717, 1.165) is 79.2 Å². The van der Waals surface area contributed by atoms with Gasteiger partial charge in [0.2, 0.25) is 0 Å². The molecule has 2 aliphatic rings. The van der Waals surface area contributed by atoms with Crippen molar-refractivity contribution in [2.75, 3.05) is 33.5 Å². The van der Waals surface area contributed by atoms with Crippen molar-refractivity contribution in [1.29, 1.82) is 0 Å². The molecule has 0 bridgehead atoms. The maximum Gasteiger partial charge on any atom is 0.258 e. The Bertz CT molecular complexity index is 3520. The SMILES string of the molecule is Cc1nc2c([nH]1)CCN(C(=O)c1ccc(NC(=O)c3ccccc3-c3ccccc3)cc1)c1ccccc1-2.Cc1nc2c([nH]1)CCN(C(=O)c1ccc(NC(=O)c3ccccc3-c3ccccc3)cc1)c1ccccc1-2. The standard InChI is InChI=1S/2C32H26N4O2/c2*1-21-33-28-19-20-36(29-14-8-7-13-27(29)30(28)34-21)32(38)23-15-17-24(18-16-23)35-31(37)26-12-6-5-11-25(26)22-9-3-2-4-10-22/h2*2-18H,19-20H2,1H3,(H,33,34)(H,35,37). The summed E-state index contributed by atoms with van der Waals surface area (Å²) >= 11 is 0. The number of amides is 4. The molecule has 0 aliphatic carbocycles. The fourth-order valence-electron chi connectivity index (χ4n) is 10.0. The summed E-state index contributed by atoms with van der Waals surface area (Å²) in [6, 6.07) is 64.6. The van der Waals surface area contributed by atoms with Crippen molar-refractivity contribution in [2.45, 2.75) is 26.7 Å². The van der Waals surface area contributed by atoms with Crippen molar-refractivity contribution in [1.82, 2.24) is 19.9 Å². The number of aryl methyl sites for hydroxylation is 2. The molecule has 4 amide bonds. The Hall–Kier alpha value is -9.94. The number of aromatic nitrogens is 4. The third-order valence-electron chi connectivity index (χ3n) is 13.6. The number of nitrogens with one attached hydrogen (secondary N) is 4. The molecule has 0 atom stereocenters. The lowest BCUT2D eigenvalue weighted by molar-refractivity contribution is 0.0979. The van der Waals surface area contributed by atoms with Crippen molar-refractivity contribution >= 4 is 46.4 Å². The van der Waals surface area contributed by atoms with Crippen LogP contribution in [0.25, 0.3) is 44.8 Å². The van der Waals surface area contributed by atoms with Crippen LogP contribution in [0.15, 0.2) is 206 Å². The van der Waals surface area contributed by atoms with E-state index in [1.54, 1.807) is 48.5 Å². The van der Waals surface area contributed by atoms with Gasteiger partial charge in [0.25, 0.3) is 23.6 Å². The average Bonchev–Trinajstić information content (AvgIpc) is 3.95. The Balaban J connectivity index is 0.000000162. The summed E-state index contributed by atoms with van der Waals surface area (Å²) in [6.07, 6.45) is 1.37. The number of para-hydroxylation sites is 2. The molecule has 76 heavy (non-hydrogen) atoms. The van der Waals surface area contributed by atoms with Gasteiger partial charge in [-0.3, -0.25) is 19.2 Å². The minimum absolute atomic E-state index is 0.0911. The molecule has 8 aromatic carbocycles. The highest BCUT2D eigenvalue weighted by Gasteiger charge is 2.29. The molecular formula is C64H52N8O4. The molecule has 0 spiro atoms. The summed E-state index contributed by atoms with van der Waals surface area (Å²) in [7, 11) is 0. The van der Waals surface area contributed by atoms with Crippen LogP contribution in [0.1, 0.15) is 64.5 Å². The summed E-state index contributed by atoms with van der Waals surface area (Å²) in [5, 5.41) is 5.95. The van der Waals surface area contributed by atoms with Gasteiger partial charge in [-0.2, -0.15) is 0 Å². The first-order valence-electron chi connectivity index (χ1n) is 25.2. The lowest BCUT2D eigenvalue weighted by Crippen LogP contribution is -2.32. The molecule has 4 N–H and O–H groups in total. The maximum atomic E-state index is 13.6. The summed E-state index contributed by atoms with van der Waals surface area (Å²) < 4.78 is 0. The number of anilines is 4. The Kier molecular flexibility index (Phi) is 13.5. The molecule has 0 saturated carbocycles. The third kappa shape index (κ3) is 9.94. The van der Waals surface area contributed by atoms with E-state index in [0.29, 0.717) is 59.6 Å². The van der Waals surface area contributed by atoms with Gasteiger partial charge >= 0.3 is 0 Å². The zero-order valence-corrected chi connectivity index (χ0v) is 41.9. The average molecular weight is 997 g/mol. The molecule has 12 rings (SSSR count). The number of carbonyl (C=O) groups excluding carboxylic acids is 4. The number of imidazole rings is 2. The van der Waals surface area contributed by atoms with Crippen LogP contribution in [0, 0.1) is 13.8 Å². The normalized spacial score (nSPS) is 12.3. The van der Waals surface area contributed by atoms with E-state index in [4.69, 9.17) is 0 Å². The van der Waals surface area contributed by atoms with E-state index >= 15 is 0 Å². The molecule has 2 aliphatic heterocycles. The summed E-state index contributed by atoms with van der Waals surface area (Å²) in [6.45, 7) is 4.97. The molecule has 12 heteroatoms. The fraction of sp³-hybridized carbons (Fsp3) is 0.0938. The molecule has 0 radical (unpaired) electrons. The zero-order chi connectivity index (χ0) is 52.1. The number of hydrogen-bond acceptors (Lipinski definition) is 6. The molecule has 0 saturated heterocycles.